The number of benzene rings is 1. The highest BCUT2D eigenvalue weighted by Gasteiger charge is 2.25. The molecule has 0 aromatic heterocycles. The lowest BCUT2D eigenvalue weighted by atomic mass is 9.98. The van der Waals surface area contributed by atoms with Gasteiger partial charge in [0.1, 0.15) is 0 Å². The summed E-state index contributed by atoms with van der Waals surface area (Å²) >= 11 is 4.87. The highest BCUT2D eigenvalue weighted by molar-refractivity contribution is 7.80. The Labute approximate surface area is 107 Å². The molecule has 0 fully saturated rings. The van der Waals surface area contributed by atoms with Gasteiger partial charge in [0.05, 0.1) is 10.9 Å². The molecule has 1 aromatic rings. The summed E-state index contributed by atoms with van der Waals surface area (Å²) in [6.45, 7) is 3.19. The van der Waals surface area contributed by atoms with Gasteiger partial charge in [-0.3, -0.25) is 4.79 Å². The van der Waals surface area contributed by atoms with E-state index < -0.39 is 0 Å². The molecule has 2 rings (SSSR count). The Morgan fingerprint density at radius 1 is 1.41 bits per heavy atom. The van der Waals surface area contributed by atoms with E-state index in [-0.39, 0.29) is 16.8 Å². The fourth-order valence-electron chi connectivity index (χ4n) is 2.08. The molecule has 1 heterocycles. The SMILES string of the molecule is CC(C(=O)N1CCc2ccccc2C1)C(N)=S. The van der Waals surface area contributed by atoms with Gasteiger partial charge in [-0.2, -0.15) is 0 Å². The zero-order valence-corrected chi connectivity index (χ0v) is 10.7. The van der Waals surface area contributed by atoms with Crippen LogP contribution in [0.2, 0.25) is 0 Å². The van der Waals surface area contributed by atoms with Gasteiger partial charge in [0.2, 0.25) is 5.91 Å². The van der Waals surface area contributed by atoms with Crippen LogP contribution in [-0.2, 0) is 17.8 Å². The maximum Gasteiger partial charge on any atom is 0.232 e. The maximum atomic E-state index is 12.1. The lowest BCUT2D eigenvalue weighted by molar-refractivity contribution is -0.133. The fraction of sp³-hybridized carbons (Fsp3) is 0.385. The number of thiocarbonyl (C=S) groups is 1. The third-order valence-electron chi connectivity index (χ3n) is 3.24. The average Bonchev–Trinajstić information content (AvgIpc) is 2.36. The number of hydrogen-bond acceptors (Lipinski definition) is 2. The summed E-state index contributed by atoms with van der Waals surface area (Å²) in [5.41, 5.74) is 8.08. The molecule has 3 nitrogen and oxygen atoms in total. The van der Waals surface area contributed by atoms with Gasteiger partial charge in [-0.25, -0.2) is 0 Å². The summed E-state index contributed by atoms with van der Waals surface area (Å²) in [5.74, 6) is -0.331. The summed E-state index contributed by atoms with van der Waals surface area (Å²) in [6.07, 6.45) is 0.909. The molecule has 90 valence electrons. The van der Waals surface area contributed by atoms with Gasteiger partial charge in [0, 0.05) is 13.1 Å². The number of rotatable bonds is 2. The average molecular weight is 248 g/mol. The van der Waals surface area contributed by atoms with Crippen LogP contribution in [-0.4, -0.2) is 22.3 Å². The summed E-state index contributed by atoms with van der Waals surface area (Å²) in [6, 6.07) is 8.23. The molecule has 1 unspecified atom stereocenters. The number of hydrogen-bond donors (Lipinski definition) is 1. The molecule has 0 spiro atoms. The molecule has 1 atom stereocenters. The molecule has 0 saturated heterocycles. The fourth-order valence-corrected chi connectivity index (χ4v) is 2.18. The van der Waals surface area contributed by atoms with Crippen molar-refractivity contribution in [3.8, 4) is 0 Å². The maximum absolute atomic E-state index is 12.1. The lowest BCUT2D eigenvalue weighted by Crippen LogP contribution is -2.42. The van der Waals surface area contributed by atoms with E-state index >= 15 is 0 Å². The third kappa shape index (κ3) is 2.47. The second kappa shape index (κ2) is 4.84. The number of nitrogens with two attached hydrogens (primary N) is 1. The molecule has 0 saturated carbocycles. The standard InChI is InChI=1S/C13H16N2OS/c1-9(12(14)17)13(16)15-7-6-10-4-2-3-5-11(10)8-15/h2-5,9H,6-8H2,1H3,(H2,14,17). The van der Waals surface area contributed by atoms with Crippen molar-refractivity contribution < 1.29 is 4.79 Å². The molecule has 1 aliphatic rings. The minimum absolute atomic E-state index is 0.0343. The second-order valence-electron chi connectivity index (χ2n) is 4.40. The number of nitrogens with zero attached hydrogens (tertiary/aromatic N) is 1. The Balaban J connectivity index is 2.12. The van der Waals surface area contributed by atoms with Crippen LogP contribution in [0.15, 0.2) is 24.3 Å². The first-order valence-electron chi connectivity index (χ1n) is 5.74. The van der Waals surface area contributed by atoms with Gasteiger partial charge >= 0.3 is 0 Å². The largest absolute Gasteiger partial charge is 0.393 e. The Kier molecular flexibility index (Phi) is 3.43. The molecule has 4 heteroatoms. The van der Waals surface area contributed by atoms with E-state index in [2.05, 4.69) is 12.1 Å². The monoisotopic (exact) mass is 248 g/mol. The van der Waals surface area contributed by atoms with Crippen LogP contribution in [0.1, 0.15) is 18.1 Å². The minimum Gasteiger partial charge on any atom is -0.393 e. The summed E-state index contributed by atoms with van der Waals surface area (Å²) in [5, 5.41) is 0. The first kappa shape index (κ1) is 12.0. The first-order chi connectivity index (χ1) is 8.09. The molecule has 2 N–H and O–H groups in total. The topological polar surface area (TPSA) is 46.3 Å². The van der Waals surface area contributed by atoms with Crippen molar-refractivity contribution in [2.75, 3.05) is 6.54 Å². The van der Waals surface area contributed by atoms with Crippen molar-refractivity contribution in [2.24, 2.45) is 11.7 Å². The van der Waals surface area contributed by atoms with E-state index in [1.54, 1.807) is 6.92 Å². The summed E-state index contributed by atoms with van der Waals surface area (Å²) in [7, 11) is 0. The highest BCUT2D eigenvalue weighted by atomic mass is 32.1. The normalized spacial score (nSPS) is 16.2. The van der Waals surface area contributed by atoms with Crippen molar-refractivity contribution in [3.63, 3.8) is 0 Å². The summed E-state index contributed by atoms with van der Waals surface area (Å²) < 4.78 is 0. The number of carbonyl (C=O) groups excluding carboxylic acids is 1. The van der Waals surface area contributed by atoms with Gasteiger partial charge in [-0.1, -0.05) is 36.5 Å². The van der Waals surface area contributed by atoms with Crippen molar-refractivity contribution in [1.82, 2.24) is 4.90 Å². The van der Waals surface area contributed by atoms with Crippen molar-refractivity contribution in [1.29, 1.82) is 0 Å². The van der Waals surface area contributed by atoms with Crippen LogP contribution in [0.4, 0.5) is 0 Å². The minimum atomic E-state index is -0.365. The zero-order valence-electron chi connectivity index (χ0n) is 9.85. The first-order valence-corrected chi connectivity index (χ1v) is 6.15. The second-order valence-corrected chi connectivity index (χ2v) is 4.87. The van der Waals surface area contributed by atoms with E-state index in [0.717, 1.165) is 13.0 Å². The molecule has 0 aliphatic carbocycles. The van der Waals surface area contributed by atoms with Crippen LogP contribution in [0.25, 0.3) is 0 Å². The molecule has 0 bridgehead atoms. The highest BCUT2D eigenvalue weighted by Crippen LogP contribution is 2.19. The molecular weight excluding hydrogens is 232 g/mol. The smallest absolute Gasteiger partial charge is 0.232 e. The van der Waals surface area contributed by atoms with Crippen molar-refractivity contribution in [2.45, 2.75) is 19.9 Å². The summed E-state index contributed by atoms with van der Waals surface area (Å²) in [4.78, 5) is 14.2. The predicted octanol–water partition coefficient (Wildman–Crippen LogP) is 1.49. The zero-order chi connectivity index (χ0) is 12.4. The molecular formula is C13H16N2OS. The quantitative estimate of drug-likeness (QED) is 0.807. The van der Waals surface area contributed by atoms with Crippen molar-refractivity contribution in [3.05, 3.63) is 35.4 Å². The molecule has 0 radical (unpaired) electrons. The Morgan fingerprint density at radius 2 is 2.06 bits per heavy atom. The van der Waals surface area contributed by atoms with Gasteiger partial charge in [0.15, 0.2) is 0 Å². The number of fused-ring (bicyclic) bond motifs is 1. The van der Waals surface area contributed by atoms with Gasteiger partial charge < -0.3 is 10.6 Å². The van der Waals surface area contributed by atoms with Gasteiger partial charge in [-0.15, -0.1) is 0 Å². The Morgan fingerprint density at radius 3 is 2.71 bits per heavy atom. The van der Waals surface area contributed by atoms with Crippen LogP contribution >= 0.6 is 12.2 Å². The molecule has 1 aliphatic heterocycles. The van der Waals surface area contributed by atoms with E-state index in [1.165, 1.54) is 11.1 Å². The molecule has 1 aromatic carbocycles. The van der Waals surface area contributed by atoms with Crippen LogP contribution in [0, 0.1) is 5.92 Å². The van der Waals surface area contributed by atoms with E-state index in [0.29, 0.717) is 6.54 Å². The van der Waals surface area contributed by atoms with Gasteiger partial charge in [-0.05, 0) is 24.5 Å². The number of carbonyl (C=O) groups is 1. The molecule has 1 amide bonds. The lowest BCUT2D eigenvalue weighted by Gasteiger charge is -2.30. The van der Waals surface area contributed by atoms with Crippen molar-refractivity contribution >= 4 is 23.1 Å². The number of amides is 1. The van der Waals surface area contributed by atoms with Crippen LogP contribution in [0.5, 0.6) is 0 Å². The van der Waals surface area contributed by atoms with Gasteiger partial charge in [0.25, 0.3) is 0 Å². The molecule has 17 heavy (non-hydrogen) atoms. The third-order valence-corrected chi connectivity index (χ3v) is 3.59. The predicted molar refractivity (Wildman–Crippen MR) is 71.5 cm³/mol. The Hall–Kier alpha value is -1.42. The van der Waals surface area contributed by atoms with Crippen LogP contribution in [0.3, 0.4) is 0 Å². The van der Waals surface area contributed by atoms with E-state index in [9.17, 15) is 4.79 Å². The van der Waals surface area contributed by atoms with E-state index in [1.807, 2.05) is 17.0 Å². The van der Waals surface area contributed by atoms with E-state index in [4.69, 9.17) is 18.0 Å². The van der Waals surface area contributed by atoms with Crippen LogP contribution < -0.4 is 5.73 Å². The Bertz CT molecular complexity index is 458.